The van der Waals surface area contributed by atoms with Crippen LogP contribution in [0.1, 0.15) is 16.8 Å². The van der Waals surface area contributed by atoms with Crippen molar-refractivity contribution in [3.63, 3.8) is 0 Å². The standard InChI is InChI=1S/C20H19ClN6O.C19H19ClIN5O/c1-14-11-15(4-5-17(14)21)25-7-9-26(10-8-25)19(28)13-27-20-16(3-2-6-23-20)18(12-22)24-27;1-13-11-14(4-5-16(13)20)24-7-9-25(10-8-24)17(27)12-26-19-15(18(21)23-26)3-2-6-22-19/h2-6,11H,7-10,13H2,1H3;2-6,11H,7-10,12H2,1H3. The number of pyridine rings is 2. The number of piperazine rings is 2. The topological polar surface area (TPSA) is 132 Å². The zero-order valence-electron chi connectivity index (χ0n) is 30.4. The summed E-state index contributed by atoms with van der Waals surface area (Å²) in [7, 11) is 0. The summed E-state index contributed by atoms with van der Waals surface area (Å²) in [6, 6.07) is 21.5. The smallest absolute Gasteiger partial charge is 0.244 e. The van der Waals surface area contributed by atoms with E-state index >= 15 is 0 Å². The quantitative estimate of drug-likeness (QED) is 0.186. The molecule has 0 N–H and O–H groups in total. The number of fused-ring (bicyclic) bond motifs is 2. The van der Waals surface area contributed by atoms with Crippen molar-refractivity contribution in [1.29, 1.82) is 5.26 Å². The lowest BCUT2D eigenvalue weighted by atomic mass is 10.2. The first-order valence-corrected chi connectivity index (χ1v) is 19.7. The van der Waals surface area contributed by atoms with E-state index in [4.69, 9.17) is 23.2 Å². The first kappa shape index (κ1) is 38.3. The van der Waals surface area contributed by atoms with Gasteiger partial charge in [0.1, 0.15) is 22.9 Å². The van der Waals surface area contributed by atoms with Gasteiger partial charge in [0.15, 0.2) is 17.0 Å². The van der Waals surface area contributed by atoms with Gasteiger partial charge in [0.25, 0.3) is 0 Å². The monoisotopic (exact) mass is 889 g/mol. The number of hydrogen-bond acceptors (Lipinski definition) is 9. The van der Waals surface area contributed by atoms with Gasteiger partial charge in [-0.3, -0.25) is 9.59 Å². The molecular weight excluding hydrogens is 852 g/mol. The van der Waals surface area contributed by atoms with Crippen LogP contribution in [-0.4, -0.2) is 104 Å². The molecule has 0 saturated carbocycles. The molecule has 13 nitrogen and oxygen atoms in total. The van der Waals surface area contributed by atoms with E-state index in [9.17, 15) is 14.9 Å². The van der Waals surface area contributed by atoms with Crippen LogP contribution in [0.2, 0.25) is 10.0 Å². The lowest BCUT2D eigenvalue weighted by Gasteiger charge is -2.36. The molecular formula is C39H38Cl2IN11O2. The molecule has 0 spiro atoms. The van der Waals surface area contributed by atoms with Crippen LogP contribution in [0.4, 0.5) is 11.4 Å². The minimum absolute atomic E-state index is 0.0218. The number of rotatable bonds is 6. The van der Waals surface area contributed by atoms with E-state index in [0.717, 1.165) is 73.5 Å². The Kier molecular flexibility index (Phi) is 11.7. The molecule has 2 saturated heterocycles. The van der Waals surface area contributed by atoms with Crippen LogP contribution in [0.25, 0.3) is 22.1 Å². The highest BCUT2D eigenvalue weighted by Gasteiger charge is 2.25. The van der Waals surface area contributed by atoms with E-state index in [1.807, 2.05) is 60.0 Å². The minimum atomic E-state index is -0.0218. The van der Waals surface area contributed by atoms with Crippen LogP contribution >= 0.6 is 45.8 Å². The van der Waals surface area contributed by atoms with E-state index in [1.54, 1.807) is 29.2 Å². The summed E-state index contributed by atoms with van der Waals surface area (Å²) in [5.41, 5.74) is 5.99. The summed E-state index contributed by atoms with van der Waals surface area (Å²) >= 11 is 14.4. The third-order valence-electron chi connectivity index (χ3n) is 9.92. The average Bonchev–Trinajstić information content (AvgIpc) is 3.73. The second kappa shape index (κ2) is 16.8. The van der Waals surface area contributed by atoms with Gasteiger partial charge in [0.05, 0.1) is 10.8 Å². The fraction of sp³-hybridized carbons (Fsp3) is 0.308. The fourth-order valence-corrected chi connectivity index (χ4v) is 7.74. The predicted molar refractivity (Wildman–Crippen MR) is 222 cm³/mol. The number of anilines is 2. The van der Waals surface area contributed by atoms with Gasteiger partial charge in [0.2, 0.25) is 11.8 Å². The number of carbonyl (C=O) groups excluding carboxylic acids is 2. The highest BCUT2D eigenvalue weighted by Crippen LogP contribution is 2.25. The maximum atomic E-state index is 12.8. The van der Waals surface area contributed by atoms with Crippen LogP contribution in [0.15, 0.2) is 73.1 Å². The molecule has 2 fully saturated rings. The molecule has 0 bridgehead atoms. The molecule has 16 heteroatoms. The molecule has 0 radical (unpaired) electrons. The van der Waals surface area contributed by atoms with E-state index < -0.39 is 0 Å². The Morgan fingerprint density at radius 2 is 1.15 bits per heavy atom. The van der Waals surface area contributed by atoms with Gasteiger partial charge in [-0.05, 0) is 108 Å². The SMILES string of the molecule is Cc1cc(N2CCN(C(=O)Cn3nc(C#N)c4cccnc43)CC2)ccc1Cl.Cc1cc(N2CCN(C(=O)Cn3nc(I)c4cccnc43)CC2)ccc1Cl. The Hall–Kier alpha value is -4.98. The van der Waals surface area contributed by atoms with Crippen molar-refractivity contribution in [3.05, 3.63) is 104 Å². The third-order valence-corrected chi connectivity index (χ3v) is 11.6. The molecule has 4 aromatic heterocycles. The molecule has 2 aliphatic heterocycles. The van der Waals surface area contributed by atoms with Crippen molar-refractivity contribution in [2.24, 2.45) is 0 Å². The maximum Gasteiger partial charge on any atom is 0.244 e. The molecule has 0 unspecified atom stereocenters. The molecule has 0 aliphatic carbocycles. The van der Waals surface area contributed by atoms with Gasteiger partial charge in [-0.25, -0.2) is 19.3 Å². The number of benzene rings is 2. The molecule has 6 heterocycles. The van der Waals surface area contributed by atoms with Crippen molar-refractivity contribution in [2.75, 3.05) is 62.2 Å². The average molecular weight is 891 g/mol. The summed E-state index contributed by atoms with van der Waals surface area (Å²) in [4.78, 5) is 42.5. The fourth-order valence-electron chi connectivity index (χ4n) is 6.82. The lowest BCUT2D eigenvalue weighted by Crippen LogP contribution is -2.49. The normalized spacial score (nSPS) is 14.5. The summed E-state index contributed by atoms with van der Waals surface area (Å²) in [6.07, 6.45) is 3.37. The van der Waals surface area contributed by atoms with E-state index in [2.05, 4.69) is 70.8 Å². The number of nitriles is 1. The Balaban J connectivity index is 0.000000169. The van der Waals surface area contributed by atoms with Gasteiger partial charge in [0, 0.05) is 86.2 Å². The zero-order chi connectivity index (χ0) is 38.6. The van der Waals surface area contributed by atoms with Crippen molar-refractivity contribution >= 4 is 91.0 Å². The summed E-state index contributed by atoms with van der Waals surface area (Å²) in [5, 5.41) is 21.2. The van der Waals surface area contributed by atoms with Crippen LogP contribution in [0.3, 0.4) is 0 Å². The van der Waals surface area contributed by atoms with E-state index in [0.29, 0.717) is 42.9 Å². The first-order chi connectivity index (χ1) is 26.6. The highest BCUT2D eigenvalue weighted by atomic mass is 127. The van der Waals surface area contributed by atoms with Crippen molar-refractivity contribution in [3.8, 4) is 6.07 Å². The van der Waals surface area contributed by atoms with Crippen LogP contribution in [-0.2, 0) is 22.7 Å². The maximum absolute atomic E-state index is 12.8. The van der Waals surface area contributed by atoms with Gasteiger partial charge in [-0.15, -0.1) is 0 Å². The molecule has 282 valence electrons. The minimum Gasteiger partial charge on any atom is -0.368 e. The second-order valence-electron chi connectivity index (χ2n) is 13.4. The van der Waals surface area contributed by atoms with Gasteiger partial charge >= 0.3 is 0 Å². The molecule has 2 aliphatic rings. The van der Waals surface area contributed by atoms with Gasteiger partial charge < -0.3 is 19.6 Å². The number of aryl methyl sites for hydroxylation is 2. The van der Waals surface area contributed by atoms with E-state index in [1.165, 1.54) is 4.68 Å². The largest absolute Gasteiger partial charge is 0.368 e. The van der Waals surface area contributed by atoms with Gasteiger partial charge in [-0.2, -0.15) is 15.5 Å². The Labute approximate surface area is 342 Å². The predicted octanol–water partition coefficient (Wildman–Crippen LogP) is 5.96. The molecule has 55 heavy (non-hydrogen) atoms. The number of nitrogens with zero attached hydrogens (tertiary/aromatic N) is 11. The van der Waals surface area contributed by atoms with Crippen LogP contribution < -0.4 is 9.80 Å². The number of halogens is 3. The Morgan fingerprint density at radius 1 is 0.691 bits per heavy atom. The Morgan fingerprint density at radius 3 is 1.62 bits per heavy atom. The van der Waals surface area contributed by atoms with Crippen molar-refractivity contribution < 1.29 is 9.59 Å². The number of hydrogen-bond donors (Lipinski definition) is 0. The van der Waals surface area contributed by atoms with Crippen LogP contribution in [0.5, 0.6) is 0 Å². The summed E-state index contributed by atoms with van der Waals surface area (Å²) < 4.78 is 4.09. The van der Waals surface area contributed by atoms with Crippen molar-refractivity contribution in [1.82, 2.24) is 39.3 Å². The Bertz CT molecular complexity index is 2410. The van der Waals surface area contributed by atoms with E-state index in [-0.39, 0.29) is 24.9 Å². The second-order valence-corrected chi connectivity index (χ2v) is 15.3. The van der Waals surface area contributed by atoms with Gasteiger partial charge in [-0.1, -0.05) is 23.2 Å². The van der Waals surface area contributed by atoms with Crippen molar-refractivity contribution in [2.45, 2.75) is 26.9 Å². The highest BCUT2D eigenvalue weighted by molar-refractivity contribution is 14.1. The molecule has 2 aromatic carbocycles. The molecule has 2 amide bonds. The molecule has 6 aromatic rings. The molecule has 0 atom stereocenters. The number of carbonyl (C=O) groups is 2. The number of aromatic nitrogens is 6. The zero-order valence-corrected chi connectivity index (χ0v) is 34.0. The summed E-state index contributed by atoms with van der Waals surface area (Å²) in [5.74, 6) is 0.0554. The number of amides is 2. The first-order valence-electron chi connectivity index (χ1n) is 17.9. The third kappa shape index (κ3) is 8.48. The van der Waals surface area contributed by atoms with Crippen LogP contribution in [0, 0.1) is 28.9 Å². The lowest BCUT2D eigenvalue weighted by molar-refractivity contribution is -0.133. The molecule has 8 rings (SSSR count). The summed E-state index contributed by atoms with van der Waals surface area (Å²) in [6.45, 7) is 10.1.